The molecule has 2 N–H and O–H groups in total. The van der Waals surface area contributed by atoms with Crippen molar-refractivity contribution in [2.75, 3.05) is 23.7 Å². The molecule has 2 heterocycles. The maximum absolute atomic E-state index is 4.39. The molecule has 0 saturated carbocycles. The smallest absolute Gasteiger partial charge is 0.131 e. The van der Waals surface area contributed by atoms with Gasteiger partial charge in [-0.1, -0.05) is 13.0 Å². The molecule has 0 fully saturated rings. The van der Waals surface area contributed by atoms with Crippen LogP contribution in [-0.4, -0.2) is 28.0 Å². The molecule has 5 heteroatoms. The van der Waals surface area contributed by atoms with E-state index >= 15 is 0 Å². The average Bonchev–Trinajstić information content (AvgIpc) is 2.46. The van der Waals surface area contributed by atoms with Gasteiger partial charge >= 0.3 is 0 Å². The molecule has 0 spiro atoms. The standard InChI is InChI=1S/C15H21N5/c1-3-8-17-14-11-15(20-12(2)19-14)18-10-7-13-6-4-5-9-16-13/h4-6,9,11H,3,7-8,10H2,1-2H3,(H2,17,18,19,20). The highest BCUT2D eigenvalue weighted by Crippen LogP contribution is 2.11. The van der Waals surface area contributed by atoms with Crippen LogP contribution in [0.1, 0.15) is 24.9 Å². The summed E-state index contributed by atoms with van der Waals surface area (Å²) in [5.74, 6) is 2.50. The number of hydrogen-bond acceptors (Lipinski definition) is 5. The zero-order valence-electron chi connectivity index (χ0n) is 12.1. The molecule has 0 aromatic carbocycles. The Labute approximate surface area is 119 Å². The molecule has 0 saturated heterocycles. The molecule has 2 aromatic heterocycles. The lowest BCUT2D eigenvalue weighted by Gasteiger charge is -2.09. The van der Waals surface area contributed by atoms with Crippen LogP contribution in [0.3, 0.4) is 0 Å². The summed E-state index contributed by atoms with van der Waals surface area (Å²) in [4.78, 5) is 13.1. The van der Waals surface area contributed by atoms with Crippen molar-refractivity contribution in [1.29, 1.82) is 0 Å². The third-order valence-electron chi connectivity index (χ3n) is 2.81. The van der Waals surface area contributed by atoms with Crippen molar-refractivity contribution in [3.05, 3.63) is 42.0 Å². The third kappa shape index (κ3) is 4.50. The largest absolute Gasteiger partial charge is 0.370 e. The van der Waals surface area contributed by atoms with Crippen molar-refractivity contribution in [1.82, 2.24) is 15.0 Å². The Morgan fingerprint density at radius 2 is 1.80 bits per heavy atom. The predicted molar refractivity (Wildman–Crippen MR) is 82.0 cm³/mol. The fourth-order valence-electron chi connectivity index (χ4n) is 1.87. The van der Waals surface area contributed by atoms with Gasteiger partial charge in [0.05, 0.1) is 0 Å². The Morgan fingerprint density at radius 1 is 1.05 bits per heavy atom. The van der Waals surface area contributed by atoms with Gasteiger partial charge in [0, 0.05) is 37.5 Å². The number of nitrogens with one attached hydrogen (secondary N) is 2. The van der Waals surface area contributed by atoms with Crippen LogP contribution >= 0.6 is 0 Å². The van der Waals surface area contributed by atoms with Crippen molar-refractivity contribution < 1.29 is 0 Å². The van der Waals surface area contributed by atoms with Crippen LogP contribution in [0, 0.1) is 6.92 Å². The van der Waals surface area contributed by atoms with Gasteiger partial charge < -0.3 is 10.6 Å². The van der Waals surface area contributed by atoms with Gasteiger partial charge in [0.25, 0.3) is 0 Å². The number of aromatic nitrogens is 3. The maximum atomic E-state index is 4.39. The van der Waals surface area contributed by atoms with Gasteiger partial charge in [-0.25, -0.2) is 9.97 Å². The Bertz CT molecular complexity index is 527. The number of nitrogens with zero attached hydrogens (tertiary/aromatic N) is 3. The highest BCUT2D eigenvalue weighted by molar-refractivity contribution is 5.47. The lowest BCUT2D eigenvalue weighted by atomic mass is 10.3. The molecule has 2 rings (SSSR count). The van der Waals surface area contributed by atoms with E-state index in [0.717, 1.165) is 49.1 Å². The van der Waals surface area contributed by atoms with Crippen LogP contribution in [0.4, 0.5) is 11.6 Å². The van der Waals surface area contributed by atoms with Gasteiger partial charge in [-0.05, 0) is 25.5 Å². The van der Waals surface area contributed by atoms with E-state index in [1.165, 1.54) is 0 Å². The minimum Gasteiger partial charge on any atom is -0.370 e. The van der Waals surface area contributed by atoms with Crippen molar-refractivity contribution in [2.45, 2.75) is 26.7 Å². The molecule has 0 atom stereocenters. The second-order valence-corrected chi connectivity index (χ2v) is 4.61. The molecule has 2 aromatic rings. The minimum absolute atomic E-state index is 0.770. The van der Waals surface area contributed by atoms with Crippen molar-refractivity contribution in [3.63, 3.8) is 0 Å². The first kappa shape index (κ1) is 14.2. The first-order valence-corrected chi connectivity index (χ1v) is 7.01. The van der Waals surface area contributed by atoms with Crippen LogP contribution in [0.15, 0.2) is 30.5 Å². The summed E-state index contributed by atoms with van der Waals surface area (Å²) in [5, 5.41) is 6.60. The van der Waals surface area contributed by atoms with Crippen LogP contribution in [0.5, 0.6) is 0 Å². The van der Waals surface area contributed by atoms with Gasteiger partial charge in [-0.15, -0.1) is 0 Å². The summed E-state index contributed by atoms with van der Waals surface area (Å²) in [7, 11) is 0. The molecule has 0 unspecified atom stereocenters. The average molecular weight is 271 g/mol. The minimum atomic E-state index is 0.770. The van der Waals surface area contributed by atoms with E-state index in [1.807, 2.05) is 37.4 Å². The normalized spacial score (nSPS) is 10.3. The summed E-state index contributed by atoms with van der Waals surface area (Å²) in [6.45, 7) is 5.76. The Balaban J connectivity index is 1.90. The molecule has 5 nitrogen and oxygen atoms in total. The van der Waals surface area contributed by atoms with E-state index in [1.54, 1.807) is 0 Å². The molecule has 0 radical (unpaired) electrons. The summed E-state index contributed by atoms with van der Waals surface area (Å²) < 4.78 is 0. The number of hydrogen-bond donors (Lipinski definition) is 2. The van der Waals surface area contributed by atoms with Gasteiger partial charge in [0.1, 0.15) is 17.5 Å². The van der Waals surface area contributed by atoms with Crippen molar-refractivity contribution in [2.24, 2.45) is 0 Å². The predicted octanol–water partition coefficient (Wildman–Crippen LogP) is 2.66. The van der Waals surface area contributed by atoms with Crippen LogP contribution in [-0.2, 0) is 6.42 Å². The number of rotatable bonds is 7. The van der Waals surface area contributed by atoms with Crippen molar-refractivity contribution in [3.8, 4) is 0 Å². The van der Waals surface area contributed by atoms with E-state index in [2.05, 4.69) is 32.5 Å². The number of aryl methyl sites for hydroxylation is 1. The fraction of sp³-hybridized carbons (Fsp3) is 0.400. The van der Waals surface area contributed by atoms with E-state index in [0.29, 0.717) is 0 Å². The molecule has 0 amide bonds. The van der Waals surface area contributed by atoms with Crippen LogP contribution in [0.25, 0.3) is 0 Å². The van der Waals surface area contributed by atoms with E-state index in [9.17, 15) is 0 Å². The molecule has 106 valence electrons. The van der Waals surface area contributed by atoms with Crippen LogP contribution in [0.2, 0.25) is 0 Å². The Hall–Kier alpha value is -2.17. The maximum Gasteiger partial charge on any atom is 0.131 e. The lowest BCUT2D eigenvalue weighted by Crippen LogP contribution is -2.10. The summed E-state index contributed by atoms with van der Waals surface area (Å²) in [5.41, 5.74) is 1.08. The summed E-state index contributed by atoms with van der Waals surface area (Å²) >= 11 is 0. The molecule has 20 heavy (non-hydrogen) atoms. The summed E-state index contributed by atoms with van der Waals surface area (Å²) in [6, 6.07) is 7.91. The molecular weight excluding hydrogens is 250 g/mol. The van der Waals surface area contributed by atoms with E-state index < -0.39 is 0 Å². The van der Waals surface area contributed by atoms with Gasteiger partial charge in [-0.2, -0.15) is 0 Å². The number of pyridine rings is 1. The molecule has 0 aliphatic carbocycles. The Kier molecular flexibility index (Phi) is 5.29. The monoisotopic (exact) mass is 271 g/mol. The second kappa shape index (κ2) is 7.43. The Morgan fingerprint density at radius 3 is 2.45 bits per heavy atom. The molecule has 0 aliphatic rings. The fourth-order valence-corrected chi connectivity index (χ4v) is 1.87. The van der Waals surface area contributed by atoms with Gasteiger partial charge in [0.2, 0.25) is 0 Å². The van der Waals surface area contributed by atoms with Crippen LogP contribution < -0.4 is 10.6 Å². The molecule has 0 aliphatic heterocycles. The summed E-state index contributed by atoms with van der Waals surface area (Å²) in [6.07, 6.45) is 3.77. The zero-order chi connectivity index (χ0) is 14.2. The first-order chi connectivity index (χ1) is 9.78. The first-order valence-electron chi connectivity index (χ1n) is 7.01. The van der Waals surface area contributed by atoms with E-state index in [-0.39, 0.29) is 0 Å². The highest BCUT2D eigenvalue weighted by atomic mass is 15.1. The van der Waals surface area contributed by atoms with Gasteiger partial charge in [-0.3, -0.25) is 4.98 Å². The zero-order valence-corrected chi connectivity index (χ0v) is 12.1. The molecular formula is C15H21N5. The topological polar surface area (TPSA) is 62.7 Å². The molecule has 0 bridgehead atoms. The highest BCUT2D eigenvalue weighted by Gasteiger charge is 2.01. The second-order valence-electron chi connectivity index (χ2n) is 4.61. The SMILES string of the molecule is CCCNc1cc(NCCc2ccccn2)nc(C)n1. The lowest BCUT2D eigenvalue weighted by molar-refractivity contribution is 0.933. The number of anilines is 2. The third-order valence-corrected chi connectivity index (χ3v) is 2.81. The quantitative estimate of drug-likeness (QED) is 0.810. The van der Waals surface area contributed by atoms with Crippen molar-refractivity contribution >= 4 is 11.6 Å². The van der Waals surface area contributed by atoms with E-state index in [4.69, 9.17) is 0 Å². The van der Waals surface area contributed by atoms with Gasteiger partial charge in [0.15, 0.2) is 0 Å².